The maximum Gasteiger partial charge on any atom is 0.190 e. The van der Waals surface area contributed by atoms with Crippen LogP contribution < -0.4 is 24.0 Å². The van der Waals surface area contributed by atoms with E-state index in [1.54, 1.807) is 21.0 Å². The molecule has 0 spiro atoms. The summed E-state index contributed by atoms with van der Waals surface area (Å²) in [6.45, 7) is 3.07. The highest BCUT2D eigenvalue weighted by Crippen LogP contribution is 2.14. The molecule has 0 aromatic rings. The van der Waals surface area contributed by atoms with Crippen molar-refractivity contribution in [3.05, 3.63) is 0 Å². The van der Waals surface area contributed by atoms with Gasteiger partial charge in [0.25, 0.3) is 0 Å². The number of halogens is 1. The molecule has 2 unspecified atom stereocenters. The summed E-state index contributed by atoms with van der Waals surface area (Å²) >= 11 is 4.19. The zero-order valence-electron chi connectivity index (χ0n) is 7.78. The smallest absolute Gasteiger partial charge is 0.190 e. The van der Waals surface area contributed by atoms with Crippen LogP contribution in [0.15, 0.2) is 0 Å². The highest BCUT2D eigenvalue weighted by atomic mass is 127. The third-order valence-electron chi connectivity index (χ3n) is 1.55. The highest BCUT2D eigenvalue weighted by molar-refractivity contribution is 7.74. The number of aliphatic hydroxyl groups excluding tert-OH is 1. The Hall–Kier alpha value is 0.670. The van der Waals surface area contributed by atoms with E-state index in [1.165, 1.54) is 6.92 Å². The van der Waals surface area contributed by atoms with Gasteiger partial charge < -0.3 is 29.1 Å². The molecule has 12 heavy (non-hydrogen) atoms. The zero-order valence-corrected chi connectivity index (χ0v) is 10.8. The van der Waals surface area contributed by atoms with Gasteiger partial charge in [0, 0.05) is 6.92 Å². The molecule has 0 aromatic heterocycles. The SMILES string of the molecule is CC(=O)C(C(C)O)[N+](C)(C)S.[I-]. The van der Waals surface area contributed by atoms with Crippen LogP contribution in [0.1, 0.15) is 13.8 Å². The summed E-state index contributed by atoms with van der Waals surface area (Å²) in [6, 6.07) is -0.446. The third kappa shape index (κ3) is 4.64. The first kappa shape index (κ1) is 15.2. The molecule has 0 aliphatic heterocycles. The number of quaternary nitrogens is 1. The minimum Gasteiger partial charge on any atom is -1.00 e. The van der Waals surface area contributed by atoms with E-state index in [-0.39, 0.29) is 33.6 Å². The summed E-state index contributed by atoms with van der Waals surface area (Å²) in [7, 11) is 3.53. The molecule has 0 saturated heterocycles. The molecule has 0 aliphatic rings. The lowest BCUT2D eigenvalue weighted by atomic mass is 10.1. The summed E-state index contributed by atoms with van der Waals surface area (Å²) in [6.07, 6.45) is -0.653. The summed E-state index contributed by atoms with van der Waals surface area (Å²) in [5.74, 6) is -0.0417. The van der Waals surface area contributed by atoms with Crippen molar-refractivity contribution in [1.29, 1.82) is 0 Å². The number of carbonyl (C=O) groups excluding carboxylic acids is 1. The number of rotatable bonds is 3. The molecule has 0 bridgehead atoms. The maximum absolute atomic E-state index is 11.0. The number of aliphatic hydroxyl groups is 1. The molecule has 0 radical (unpaired) electrons. The van der Waals surface area contributed by atoms with E-state index in [2.05, 4.69) is 12.8 Å². The van der Waals surface area contributed by atoms with Crippen molar-refractivity contribution in [2.75, 3.05) is 14.1 Å². The first-order valence-corrected chi connectivity index (χ1v) is 3.91. The minimum absolute atomic E-state index is 0. The van der Waals surface area contributed by atoms with Crippen LogP contribution in [0.4, 0.5) is 0 Å². The summed E-state index contributed by atoms with van der Waals surface area (Å²) in [5.41, 5.74) is 0. The van der Waals surface area contributed by atoms with Crippen LogP contribution in [-0.2, 0) is 4.79 Å². The number of hydrogen-bond acceptors (Lipinski definition) is 3. The molecule has 3 nitrogen and oxygen atoms in total. The zero-order chi connectivity index (χ0) is 9.23. The molecule has 0 fully saturated rings. The molecule has 0 heterocycles. The van der Waals surface area contributed by atoms with Crippen LogP contribution in [0.25, 0.3) is 0 Å². The van der Waals surface area contributed by atoms with Gasteiger partial charge in [-0.25, -0.2) is 0 Å². The largest absolute Gasteiger partial charge is 1.00 e. The number of Topliss-reactive ketones (excluding diaryl/α,β-unsaturated/α-hetero) is 1. The van der Waals surface area contributed by atoms with Crippen molar-refractivity contribution in [2.24, 2.45) is 0 Å². The van der Waals surface area contributed by atoms with Crippen LogP contribution in [0, 0.1) is 0 Å². The molecule has 0 saturated carbocycles. The first-order valence-electron chi connectivity index (χ1n) is 3.51. The molecule has 1 N–H and O–H groups in total. The lowest BCUT2D eigenvalue weighted by Gasteiger charge is -2.31. The van der Waals surface area contributed by atoms with Crippen molar-refractivity contribution in [2.45, 2.75) is 26.0 Å². The van der Waals surface area contributed by atoms with Crippen LogP contribution in [0.3, 0.4) is 0 Å². The topological polar surface area (TPSA) is 37.3 Å². The van der Waals surface area contributed by atoms with Crippen LogP contribution in [0.5, 0.6) is 0 Å². The second kappa shape index (κ2) is 5.41. The second-order valence-electron chi connectivity index (χ2n) is 3.28. The van der Waals surface area contributed by atoms with Crippen LogP contribution in [0.2, 0.25) is 0 Å². The van der Waals surface area contributed by atoms with Gasteiger partial charge in [-0.05, 0) is 6.92 Å². The van der Waals surface area contributed by atoms with E-state index in [0.717, 1.165) is 0 Å². The second-order valence-corrected chi connectivity index (χ2v) is 4.31. The van der Waals surface area contributed by atoms with Gasteiger partial charge in [-0.15, -0.1) is 0 Å². The maximum atomic E-state index is 11.0. The molecule has 0 rings (SSSR count). The standard InChI is InChI=1S/C7H16NO2S.HI/c1-5(9)7(6(2)10)8(3,4)11;/h5,7,9,11H,1-4H3;1H/q+1;/p-1. The normalized spacial score (nSPS) is 16.2. The fourth-order valence-corrected chi connectivity index (χ4v) is 1.67. The average Bonchev–Trinajstić information content (AvgIpc) is 1.54. The van der Waals surface area contributed by atoms with Crippen molar-refractivity contribution >= 4 is 18.6 Å². The van der Waals surface area contributed by atoms with Gasteiger partial charge in [0.2, 0.25) is 0 Å². The number of hydrogen-bond donors (Lipinski definition) is 2. The molecule has 74 valence electrons. The molecule has 0 amide bonds. The van der Waals surface area contributed by atoms with E-state index in [0.29, 0.717) is 0 Å². The van der Waals surface area contributed by atoms with Gasteiger partial charge >= 0.3 is 0 Å². The quantitative estimate of drug-likeness (QED) is 0.337. The number of carbonyl (C=O) groups is 1. The van der Waals surface area contributed by atoms with Gasteiger partial charge in [-0.1, -0.05) is 0 Å². The summed E-state index contributed by atoms with van der Waals surface area (Å²) in [4.78, 5) is 11.0. The predicted molar refractivity (Wildman–Crippen MR) is 47.2 cm³/mol. The van der Waals surface area contributed by atoms with E-state index in [9.17, 15) is 9.90 Å². The van der Waals surface area contributed by atoms with Crippen molar-refractivity contribution in [1.82, 2.24) is 0 Å². The fraction of sp³-hybridized carbons (Fsp3) is 0.857. The van der Waals surface area contributed by atoms with Crippen molar-refractivity contribution < 1.29 is 37.8 Å². The summed E-state index contributed by atoms with van der Waals surface area (Å²) in [5, 5.41) is 9.23. The van der Waals surface area contributed by atoms with Gasteiger partial charge in [-0.2, -0.15) is 0 Å². The van der Waals surface area contributed by atoms with Crippen molar-refractivity contribution in [3.8, 4) is 0 Å². The third-order valence-corrected chi connectivity index (χ3v) is 1.80. The van der Waals surface area contributed by atoms with Gasteiger partial charge in [0.05, 0.1) is 26.9 Å². The van der Waals surface area contributed by atoms with Gasteiger partial charge in [0.1, 0.15) is 6.10 Å². The van der Waals surface area contributed by atoms with Gasteiger partial charge in [-0.3, -0.25) is 8.68 Å². The number of ketones is 1. The highest BCUT2D eigenvalue weighted by Gasteiger charge is 2.34. The first-order chi connectivity index (χ1) is 4.76. The van der Waals surface area contributed by atoms with E-state index in [1.807, 2.05) is 0 Å². The predicted octanol–water partition coefficient (Wildman–Crippen LogP) is -2.75. The van der Waals surface area contributed by atoms with Crippen LogP contribution >= 0.6 is 12.8 Å². The molecule has 2 atom stereocenters. The van der Waals surface area contributed by atoms with Crippen molar-refractivity contribution in [3.63, 3.8) is 0 Å². The Kier molecular flexibility index (Phi) is 6.83. The Morgan fingerprint density at radius 1 is 1.50 bits per heavy atom. The van der Waals surface area contributed by atoms with E-state index < -0.39 is 12.1 Å². The molecule has 0 aliphatic carbocycles. The van der Waals surface area contributed by atoms with Crippen LogP contribution in [-0.4, -0.2) is 41.0 Å². The van der Waals surface area contributed by atoms with Gasteiger partial charge in [0.15, 0.2) is 11.8 Å². The Labute approximate surface area is 96.3 Å². The molecule has 5 heteroatoms. The Morgan fingerprint density at radius 2 is 1.83 bits per heavy atom. The molecular formula is C7H16INO2S. The molecule has 0 aromatic carbocycles. The Morgan fingerprint density at radius 3 is 1.83 bits per heavy atom. The minimum atomic E-state index is -0.653. The Balaban J connectivity index is 0. The number of nitrogens with zero attached hydrogens (tertiary/aromatic N) is 1. The number of likely N-dealkylation sites (N-methyl/N-ethyl adjacent to an activating group) is 1. The average molecular weight is 305 g/mol. The lowest BCUT2D eigenvalue weighted by molar-refractivity contribution is -0.770. The lowest BCUT2D eigenvalue weighted by Crippen LogP contribution is -3.00. The van der Waals surface area contributed by atoms with E-state index >= 15 is 0 Å². The monoisotopic (exact) mass is 305 g/mol. The summed E-state index contributed by atoms with van der Waals surface area (Å²) < 4.78 is 0.174. The fourth-order valence-electron chi connectivity index (χ4n) is 1.31. The van der Waals surface area contributed by atoms with E-state index in [4.69, 9.17) is 0 Å². The number of thiol groups is 1. The molecular weight excluding hydrogens is 289 g/mol. The Bertz CT molecular complexity index is 156.